The molecule has 1 fully saturated rings. The number of halogens is 2. The highest BCUT2D eigenvalue weighted by molar-refractivity contribution is 5.72. The standard InChI is InChI=1S/C26H28F2N6O2/c1-32-13-6-9-19(16-32)33(2)25-24-29-12-14-34(24)23(30-31-25)21-11-10-20(36-26(27)28)15-22(21)35-17-18-7-4-3-5-8-18/h3-5,7-8,10-12,14-15,19,26H,6,9,13,16-17H2,1-2H3. The normalized spacial score (nSPS) is 16.4. The summed E-state index contributed by atoms with van der Waals surface area (Å²) in [5.74, 6) is 1.54. The maximum Gasteiger partial charge on any atom is 0.387 e. The van der Waals surface area contributed by atoms with Gasteiger partial charge < -0.3 is 19.3 Å². The Morgan fingerprint density at radius 1 is 1.14 bits per heavy atom. The van der Waals surface area contributed by atoms with Gasteiger partial charge in [0.25, 0.3) is 0 Å². The van der Waals surface area contributed by atoms with Crippen molar-refractivity contribution in [2.24, 2.45) is 0 Å². The van der Waals surface area contributed by atoms with Gasteiger partial charge in [0.05, 0.1) is 5.56 Å². The predicted octanol–water partition coefficient (Wildman–Crippen LogP) is 4.50. The van der Waals surface area contributed by atoms with Crippen molar-refractivity contribution in [3.63, 3.8) is 0 Å². The van der Waals surface area contributed by atoms with Crippen molar-refractivity contribution >= 4 is 11.5 Å². The molecule has 2 aromatic heterocycles. The summed E-state index contributed by atoms with van der Waals surface area (Å²) < 4.78 is 38.3. The third-order valence-electron chi connectivity index (χ3n) is 6.45. The molecule has 0 spiro atoms. The lowest BCUT2D eigenvalue weighted by Crippen LogP contribution is -2.45. The van der Waals surface area contributed by atoms with Crippen molar-refractivity contribution in [1.29, 1.82) is 0 Å². The fourth-order valence-electron chi connectivity index (χ4n) is 4.59. The summed E-state index contributed by atoms with van der Waals surface area (Å²) in [5, 5.41) is 9.09. The fraction of sp³-hybridized carbons (Fsp3) is 0.346. The van der Waals surface area contributed by atoms with Gasteiger partial charge in [-0.25, -0.2) is 4.98 Å². The number of piperidine rings is 1. The number of hydrogen-bond donors (Lipinski definition) is 0. The smallest absolute Gasteiger partial charge is 0.387 e. The van der Waals surface area contributed by atoms with Crippen LogP contribution in [0.15, 0.2) is 60.9 Å². The van der Waals surface area contributed by atoms with Crippen LogP contribution in [0.5, 0.6) is 11.5 Å². The summed E-state index contributed by atoms with van der Waals surface area (Å²) in [6.07, 6.45) is 5.70. The van der Waals surface area contributed by atoms with E-state index in [0.717, 1.165) is 31.5 Å². The summed E-state index contributed by atoms with van der Waals surface area (Å²) in [7, 11) is 4.14. The highest BCUT2D eigenvalue weighted by Gasteiger charge is 2.26. The van der Waals surface area contributed by atoms with E-state index in [0.29, 0.717) is 34.6 Å². The van der Waals surface area contributed by atoms with Gasteiger partial charge >= 0.3 is 6.61 Å². The Bertz CT molecular complexity index is 1320. The maximum atomic E-state index is 12.9. The van der Waals surface area contributed by atoms with Gasteiger partial charge in [0.15, 0.2) is 17.3 Å². The average Bonchev–Trinajstić information content (AvgIpc) is 3.37. The number of anilines is 1. The Balaban J connectivity index is 1.51. The molecule has 0 bridgehead atoms. The molecular formula is C26H28F2N6O2. The molecule has 0 aliphatic carbocycles. The monoisotopic (exact) mass is 494 g/mol. The number of alkyl halides is 2. The third kappa shape index (κ3) is 5.08. The van der Waals surface area contributed by atoms with Gasteiger partial charge in [-0.05, 0) is 44.1 Å². The Morgan fingerprint density at radius 2 is 1.97 bits per heavy atom. The van der Waals surface area contributed by atoms with Crippen molar-refractivity contribution in [1.82, 2.24) is 24.5 Å². The largest absolute Gasteiger partial charge is 0.488 e. The van der Waals surface area contributed by atoms with Crippen LogP contribution >= 0.6 is 0 Å². The summed E-state index contributed by atoms with van der Waals surface area (Å²) in [5.41, 5.74) is 2.20. The second-order valence-electron chi connectivity index (χ2n) is 8.95. The van der Waals surface area contributed by atoms with E-state index in [2.05, 4.69) is 36.8 Å². The minimum Gasteiger partial charge on any atom is -0.488 e. The van der Waals surface area contributed by atoms with Crippen LogP contribution in [0.4, 0.5) is 14.6 Å². The summed E-state index contributed by atoms with van der Waals surface area (Å²) in [6, 6.07) is 14.5. The van der Waals surface area contributed by atoms with Crippen molar-refractivity contribution in [2.75, 3.05) is 32.1 Å². The number of fused-ring (bicyclic) bond motifs is 1. The van der Waals surface area contributed by atoms with Crippen molar-refractivity contribution in [3.05, 3.63) is 66.5 Å². The topological polar surface area (TPSA) is 68.0 Å². The van der Waals surface area contributed by atoms with E-state index in [-0.39, 0.29) is 12.4 Å². The van der Waals surface area contributed by atoms with E-state index >= 15 is 0 Å². The van der Waals surface area contributed by atoms with Gasteiger partial charge in [0.1, 0.15) is 18.1 Å². The van der Waals surface area contributed by atoms with Gasteiger partial charge in [-0.1, -0.05) is 30.3 Å². The zero-order chi connectivity index (χ0) is 25.1. The van der Waals surface area contributed by atoms with E-state index in [1.54, 1.807) is 12.3 Å². The first kappa shape index (κ1) is 23.9. The molecule has 10 heteroatoms. The number of likely N-dealkylation sites (N-methyl/N-ethyl adjacent to an activating group) is 2. The molecule has 4 aromatic rings. The Hall–Kier alpha value is -3.79. The molecular weight excluding hydrogens is 466 g/mol. The van der Waals surface area contributed by atoms with E-state index in [1.165, 1.54) is 12.1 Å². The molecule has 0 amide bonds. The average molecular weight is 495 g/mol. The van der Waals surface area contributed by atoms with E-state index in [4.69, 9.17) is 4.74 Å². The number of ether oxygens (including phenoxy) is 2. The van der Waals surface area contributed by atoms with Crippen LogP contribution in [0.25, 0.3) is 17.0 Å². The molecule has 8 nitrogen and oxygen atoms in total. The molecule has 0 N–H and O–H groups in total. The number of aromatic nitrogens is 4. The molecule has 188 valence electrons. The number of likely N-dealkylation sites (tertiary alicyclic amines) is 1. The Morgan fingerprint density at radius 3 is 2.75 bits per heavy atom. The molecule has 2 aromatic carbocycles. The van der Waals surface area contributed by atoms with Crippen LogP contribution in [0.3, 0.4) is 0 Å². The second-order valence-corrected chi connectivity index (χ2v) is 8.95. The molecule has 1 aliphatic rings. The van der Waals surface area contributed by atoms with Crippen molar-refractivity contribution in [3.8, 4) is 22.9 Å². The van der Waals surface area contributed by atoms with Crippen LogP contribution in [0.1, 0.15) is 18.4 Å². The minimum atomic E-state index is -2.94. The SMILES string of the molecule is CN1CCCC(N(C)c2nnc(-c3ccc(OC(F)F)cc3OCc3ccccc3)n3ccnc23)C1. The molecule has 0 saturated carbocycles. The first-order valence-electron chi connectivity index (χ1n) is 11.9. The van der Waals surface area contributed by atoms with Gasteiger partial charge in [-0.3, -0.25) is 4.40 Å². The number of benzene rings is 2. The summed E-state index contributed by atoms with van der Waals surface area (Å²) in [4.78, 5) is 9.01. The minimum absolute atomic E-state index is 0.00409. The Kier molecular flexibility index (Phi) is 6.95. The highest BCUT2D eigenvalue weighted by atomic mass is 19.3. The van der Waals surface area contributed by atoms with Crippen LogP contribution in [-0.2, 0) is 6.61 Å². The first-order chi connectivity index (χ1) is 17.5. The molecule has 1 aliphatic heterocycles. The van der Waals surface area contributed by atoms with Crippen molar-refractivity contribution < 1.29 is 18.3 Å². The fourth-order valence-corrected chi connectivity index (χ4v) is 4.59. The van der Waals surface area contributed by atoms with Gasteiger partial charge in [0, 0.05) is 38.1 Å². The molecule has 1 atom stereocenters. The predicted molar refractivity (Wildman–Crippen MR) is 133 cm³/mol. The highest BCUT2D eigenvalue weighted by Crippen LogP contribution is 2.35. The molecule has 1 saturated heterocycles. The van der Waals surface area contributed by atoms with Gasteiger partial charge in [-0.15, -0.1) is 10.2 Å². The van der Waals surface area contributed by atoms with E-state index in [9.17, 15) is 8.78 Å². The zero-order valence-corrected chi connectivity index (χ0v) is 20.2. The summed E-state index contributed by atoms with van der Waals surface area (Å²) >= 11 is 0. The number of rotatable bonds is 8. The zero-order valence-electron chi connectivity index (χ0n) is 20.2. The van der Waals surface area contributed by atoms with Gasteiger partial charge in [-0.2, -0.15) is 8.78 Å². The molecule has 0 radical (unpaired) electrons. The maximum absolute atomic E-state index is 12.9. The van der Waals surface area contributed by atoms with E-state index in [1.807, 2.05) is 48.0 Å². The number of nitrogens with zero attached hydrogens (tertiary/aromatic N) is 6. The van der Waals surface area contributed by atoms with Crippen LogP contribution in [0, 0.1) is 0 Å². The molecule has 36 heavy (non-hydrogen) atoms. The quantitative estimate of drug-likeness (QED) is 0.357. The number of imidazole rings is 1. The van der Waals surface area contributed by atoms with Gasteiger partial charge in [0.2, 0.25) is 0 Å². The second kappa shape index (κ2) is 10.4. The van der Waals surface area contributed by atoms with E-state index < -0.39 is 6.61 Å². The lowest BCUT2D eigenvalue weighted by atomic mass is 10.1. The number of hydrogen-bond acceptors (Lipinski definition) is 7. The third-order valence-corrected chi connectivity index (χ3v) is 6.45. The Labute approximate surface area is 208 Å². The molecule has 5 rings (SSSR count). The van der Waals surface area contributed by atoms with Crippen LogP contribution in [0.2, 0.25) is 0 Å². The van der Waals surface area contributed by atoms with Crippen molar-refractivity contribution in [2.45, 2.75) is 32.1 Å². The molecule has 3 heterocycles. The lowest BCUT2D eigenvalue weighted by molar-refractivity contribution is -0.0499. The first-order valence-corrected chi connectivity index (χ1v) is 11.9. The lowest BCUT2D eigenvalue weighted by Gasteiger charge is -2.36. The van der Waals surface area contributed by atoms with Crippen LogP contribution < -0.4 is 14.4 Å². The van der Waals surface area contributed by atoms with Crippen LogP contribution in [-0.4, -0.2) is 64.3 Å². The molecule has 1 unspecified atom stereocenters. The summed E-state index contributed by atoms with van der Waals surface area (Å²) in [6.45, 7) is -0.657.